The van der Waals surface area contributed by atoms with Crippen LogP contribution in [0.25, 0.3) is 0 Å². The third kappa shape index (κ3) is 2.94. The van der Waals surface area contributed by atoms with Crippen molar-refractivity contribution in [3.63, 3.8) is 0 Å². The van der Waals surface area contributed by atoms with Crippen LogP contribution in [0.5, 0.6) is 0 Å². The Balaban J connectivity index is 1.86. The lowest BCUT2D eigenvalue weighted by Gasteiger charge is -2.04. The lowest BCUT2D eigenvalue weighted by molar-refractivity contribution is 1.02. The molecular weight excluding hydrogens is 228 g/mol. The van der Waals surface area contributed by atoms with E-state index in [0.29, 0.717) is 0 Å². The molecule has 0 unspecified atom stereocenters. The number of thiazole rings is 1. The summed E-state index contributed by atoms with van der Waals surface area (Å²) in [7, 11) is 0. The van der Waals surface area contributed by atoms with Gasteiger partial charge in [-0.3, -0.25) is 0 Å². The fourth-order valence-corrected chi connectivity index (χ4v) is 2.10. The fraction of sp³-hybridized carbons (Fsp3) is 0.182. The fourth-order valence-electron chi connectivity index (χ4n) is 1.32. The first-order valence-electron chi connectivity index (χ1n) is 4.73. The van der Waals surface area contributed by atoms with Crippen molar-refractivity contribution in [2.45, 2.75) is 6.42 Å². The minimum Gasteiger partial charge on any atom is -0.361 e. The van der Waals surface area contributed by atoms with Gasteiger partial charge in [0, 0.05) is 23.1 Å². The Morgan fingerprint density at radius 2 is 2.20 bits per heavy atom. The molecule has 0 aliphatic rings. The molecule has 1 heterocycles. The van der Waals surface area contributed by atoms with Crippen molar-refractivity contribution in [1.82, 2.24) is 4.98 Å². The molecule has 0 fully saturated rings. The van der Waals surface area contributed by atoms with Crippen molar-refractivity contribution in [3.8, 4) is 0 Å². The van der Waals surface area contributed by atoms with E-state index < -0.39 is 0 Å². The average Bonchev–Trinajstić information content (AvgIpc) is 2.74. The molecule has 4 heteroatoms. The standard InChI is InChI=1S/C11H11ClN2S/c12-10-4-2-1-3-9(10)5-6-13-11-14-7-8-15-11/h1-4,7-8H,5-6H2,(H,13,14). The maximum atomic E-state index is 6.04. The molecule has 2 nitrogen and oxygen atoms in total. The van der Waals surface area contributed by atoms with Crippen LogP contribution in [-0.4, -0.2) is 11.5 Å². The predicted octanol–water partition coefficient (Wildman–Crippen LogP) is 3.45. The van der Waals surface area contributed by atoms with E-state index in [0.717, 1.165) is 23.1 Å². The molecule has 0 spiro atoms. The van der Waals surface area contributed by atoms with Crippen molar-refractivity contribution in [1.29, 1.82) is 0 Å². The Hall–Kier alpha value is -1.06. The van der Waals surface area contributed by atoms with E-state index >= 15 is 0 Å². The molecule has 0 bridgehead atoms. The SMILES string of the molecule is Clc1ccccc1CCNc1nccs1. The van der Waals surface area contributed by atoms with Crippen molar-refractivity contribution < 1.29 is 0 Å². The first kappa shape index (κ1) is 10.5. The number of benzene rings is 1. The molecule has 0 amide bonds. The van der Waals surface area contributed by atoms with Crippen LogP contribution in [0.2, 0.25) is 5.02 Å². The van der Waals surface area contributed by atoms with Crippen LogP contribution < -0.4 is 5.32 Å². The van der Waals surface area contributed by atoms with Gasteiger partial charge in [-0.15, -0.1) is 11.3 Å². The first-order valence-corrected chi connectivity index (χ1v) is 5.99. The van der Waals surface area contributed by atoms with Gasteiger partial charge in [-0.25, -0.2) is 4.98 Å². The van der Waals surface area contributed by atoms with Gasteiger partial charge in [0.15, 0.2) is 5.13 Å². The smallest absolute Gasteiger partial charge is 0.182 e. The van der Waals surface area contributed by atoms with Crippen molar-refractivity contribution in [3.05, 3.63) is 46.4 Å². The van der Waals surface area contributed by atoms with Gasteiger partial charge in [-0.2, -0.15) is 0 Å². The summed E-state index contributed by atoms with van der Waals surface area (Å²) in [5, 5.41) is 7.00. The molecule has 78 valence electrons. The van der Waals surface area contributed by atoms with Gasteiger partial charge < -0.3 is 5.32 Å². The van der Waals surface area contributed by atoms with Gasteiger partial charge in [0.2, 0.25) is 0 Å². The second kappa shape index (κ2) is 5.14. The third-order valence-electron chi connectivity index (χ3n) is 2.06. The number of hydrogen-bond donors (Lipinski definition) is 1. The largest absolute Gasteiger partial charge is 0.361 e. The topological polar surface area (TPSA) is 24.9 Å². The zero-order valence-corrected chi connectivity index (χ0v) is 9.68. The average molecular weight is 239 g/mol. The van der Waals surface area contributed by atoms with Crippen LogP contribution in [0, 0.1) is 0 Å². The molecule has 1 aromatic heterocycles. The molecule has 0 aliphatic heterocycles. The van der Waals surface area contributed by atoms with E-state index in [1.165, 1.54) is 5.56 Å². The maximum absolute atomic E-state index is 6.04. The molecule has 15 heavy (non-hydrogen) atoms. The zero-order valence-electron chi connectivity index (χ0n) is 8.11. The molecule has 2 rings (SSSR count). The van der Waals surface area contributed by atoms with Gasteiger partial charge >= 0.3 is 0 Å². The predicted molar refractivity (Wildman–Crippen MR) is 65.8 cm³/mol. The summed E-state index contributed by atoms with van der Waals surface area (Å²) in [6.45, 7) is 0.858. The number of hydrogen-bond acceptors (Lipinski definition) is 3. The molecule has 0 saturated carbocycles. The van der Waals surface area contributed by atoms with Crippen molar-refractivity contribution in [2.75, 3.05) is 11.9 Å². The highest BCUT2D eigenvalue weighted by Gasteiger charge is 1.99. The summed E-state index contributed by atoms with van der Waals surface area (Å²) < 4.78 is 0. The molecule has 0 saturated heterocycles. The molecule has 2 aromatic rings. The zero-order chi connectivity index (χ0) is 10.5. The van der Waals surface area contributed by atoms with Gasteiger partial charge in [0.1, 0.15) is 0 Å². The normalized spacial score (nSPS) is 10.2. The first-order chi connectivity index (χ1) is 7.36. The van der Waals surface area contributed by atoms with Gasteiger partial charge in [0.05, 0.1) is 0 Å². The second-order valence-electron chi connectivity index (χ2n) is 3.11. The van der Waals surface area contributed by atoms with E-state index in [1.807, 2.05) is 29.6 Å². The quantitative estimate of drug-likeness (QED) is 0.883. The van der Waals surface area contributed by atoms with E-state index in [1.54, 1.807) is 17.5 Å². The van der Waals surface area contributed by atoms with Gasteiger partial charge in [-0.1, -0.05) is 29.8 Å². The van der Waals surface area contributed by atoms with Crippen molar-refractivity contribution in [2.24, 2.45) is 0 Å². The van der Waals surface area contributed by atoms with Crippen molar-refractivity contribution >= 4 is 28.1 Å². The Labute approximate surface area is 97.9 Å². The van der Waals surface area contributed by atoms with Crippen LogP contribution in [0.4, 0.5) is 5.13 Å². The number of rotatable bonds is 4. The number of aromatic nitrogens is 1. The summed E-state index contributed by atoms with van der Waals surface area (Å²) in [4.78, 5) is 4.14. The number of nitrogens with one attached hydrogen (secondary N) is 1. The minimum atomic E-state index is 0.832. The number of halogens is 1. The summed E-state index contributed by atoms with van der Waals surface area (Å²) >= 11 is 7.65. The van der Waals surface area contributed by atoms with Gasteiger partial charge in [0.25, 0.3) is 0 Å². The Morgan fingerprint density at radius 1 is 1.33 bits per heavy atom. The minimum absolute atomic E-state index is 0.832. The van der Waals surface area contributed by atoms with E-state index in [2.05, 4.69) is 10.3 Å². The maximum Gasteiger partial charge on any atom is 0.182 e. The molecule has 1 N–H and O–H groups in total. The van der Waals surface area contributed by atoms with E-state index in [-0.39, 0.29) is 0 Å². The van der Waals surface area contributed by atoms with Crippen LogP contribution in [0.3, 0.4) is 0 Å². The molecular formula is C11H11ClN2S. The Bertz CT molecular complexity index is 414. The van der Waals surface area contributed by atoms with Crippen LogP contribution in [0.1, 0.15) is 5.56 Å². The monoisotopic (exact) mass is 238 g/mol. The third-order valence-corrected chi connectivity index (χ3v) is 3.16. The van der Waals surface area contributed by atoms with E-state index in [4.69, 9.17) is 11.6 Å². The number of anilines is 1. The van der Waals surface area contributed by atoms with Gasteiger partial charge in [-0.05, 0) is 18.1 Å². The molecule has 0 aliphatic carbocycles. The van der Waals surface area contributed by atoms with Crippen LogP contribution >= 0.6 is 22.9 Å². The van der Waals surface area contributed by atoms with E-state index in [9.17, 15) is 0 Å². The van der Waals surface area contributed by atoms with Crippen LogP contribution in [-0.2, 0) is 6.42 Å². The second-order valence-corrected chi connectivity index (χ2v) is 4.41. The Morgan fingerprint density at radius 3 is 2.93 bits per heavy atom. The highest BCUT2D eigenvalue weighted by Crippen LogP contribution is 2.16. The lowest BCUT2D eigenvalue weighted by Crippen LogP contribution is -2.04. The molecule has 0 atom stereocenters. The Kier molecular flexibility index (Phi) is 3.59. The summed E-state index contributed by atoms with van der Waals surface area (Å²) in [6, 6.07) is 7.91. The molecule has 1 aromatic carbocycles. The number of nitrogens with zero attached hydrogens (tertiary/aromatic N) is 1. The van der Waals surface area contributed by atoms with Crippen LogP contribution in [0.15, 0.2) is 35.8 Å². The molecule has 0 radical (unpaired) electrons. The summed E-state index contributed by atoms with van der Waals surface area (Å²) in [6.07, 6.45) is 2.71. The summed E-state index contributed by atoms with van der Waals surface area (Å²) in [5.74, 6) is 0. The highest BCUT2D eigenvalue weighted by atomic mass is 35.5. The lowest BCUT2D eigenvalue weighted by atomic mass is 10.1. The highest BCUT2D eigenvalue weighted by molar-refractivity contribution is 7.13. The summed E-state index contributed by atoms with van der Waals surface area (Å²) in [5.41, 5.74) is 1.17.